The third-order valence-corrected chi connectivity index (χ3v) is 2.42. The Morgan fingerprint density at radius 2 is 2.27 bits per heavy atom. The molecule has 5 heteroatoms. The number of benzene rings is 1. The van der Waals surface area contributed by atoms with Crippen LogP contribution in [0.25, 0.3) is 11.0 Å². The maximum absolute atomic E-state index is 10.9. The molecule has 1 amide bonds. The van der Waals surface area contributed by atoms with Gasteiger partial charge in [-0.3, -0.25) is 4.79 Å². The van der Waals surface area contributed by atoms with Gasteiger partial charge in [-0.25, -0.2) is 4.98 Å². The average Bonchev–Trinajstić information content (AvgIpc) is 2.59. The molecule has 0 radical (unpaired) electrons. The minimum Gasteiger partial charge on any atom is -0.368 e. The molecule has 0 bridgehead atoms. The first-order valence-electron chi connectivity index (χ1n) is 4.55. The van der Waals surface area contributed by atoms with Crippen LogP contribution in [0.3, 0.4) is 0 Å². The molecule has 1 heterocycles. The predicted molar refractivity (Wildman–Crippen MR) is 56.8 cm³/mol. The van der Waals surface area contributed by atoms with Crippen molar-refractivity contribution in [1.29, 1.82) is 0 Å². The summed E-state index contributed by atoms with van der Waals surface area (Å²) in [7, 11) is 1.91. The van der Waals surface area contributed by atoms with Crippen molar-refractivity contribution in [3.8, 4) is 0 Å². The van der Waals surface area contributed by atoms with Crippen LogP contribution < -0.4 is 11.5 Å². The predicted octanol–water partition coefficient (Wildman–Crippen LogP) is 0.0584. The normalized spacial score (nSPS) is 12.9. The van der Waals surface area contributed by atoms with Gasteiger partial charge in [0, 0.05) is 7.05 Å². The van der Waals surface area contributed by atoms with E-state index in [4.69, 9.17) is 11.5 Å². The van der Waals surface area contributed by atoms with E-state index in [0.717, 1.165) is 11.0 Å². The molecule has 0 aliphatic rings. The minimum absolute atomic E-state index is 0.537. The van der Waals surface area contributed by atoms with Crippen LogP contribution in [0.5, 0.6) is 0 Å². The molecule has 0 aliphatic heterocycles. The fourth-order valence-corrected chi connectivity index (χ4v) is 1.51. The summed E-state index contributed by atoms with van der Waals surface area (Å²) >= 11 is 0. The first kappa shape index (κ1) is 9.67. The first-order valence-corrected chi connectivity index (χ1v) is 4.55. The molecule has 2 rings (SSSR count). The van der Waals surface area contributed by atoms with E-state index < -0.39 is 11.9 Å². The maximum atomic E-state index is 10.9. The second-order valence-electron chi connectivity index (χ2n) is 3.48. The highest BCUT2D eigenvalue weighted by molar-refractivity contribution is 5.83. The van der Waals surface area contributed by atoms with Gasteiger partial charge in [0.15, 0.2) is 0 Å². The molecule has 0 saturated heterocycles. The highest BCUT2D eigenvalue weighted by atomic mass is 16.1. The Kier molecular flexibility index (Phi) is 2.17. The van der Waals surface area contributed by atoms with E-state index in [1.807, 2.05) is 17.7 Å². The smallest absolute Gasteiger partial charge is 0.238 e. The molecular weight excluding hydrogens is 192 g/mol. The fraction of sp³-hybridized carbons (Fsp3) is 0.200. The molecule has 1 unspecified atom stereocenters. The third-order valence-electron chi connectivity index (χ3n) is 2.42. The molecule has 2 aromatic rings. The lowest BCUT2D eigenvalue weighted by atomic mass is 10.1. The van der Waals surface area contributed by atoms with Crippen LogP contribution in [-0.2, 0) is 11.8 Å². The van der Waals surface area contributed by atoms with E-state index in [0.29, 0.717) is 5.56 Å². The van der Waals surface area contributed by atoms with Gasteiger partial charge in [0.2, 0.25) is 5.91 Å². The van der Waals surface area contributed by atoms with Crippen LogP contribution in [0, 0.1) is 0 Å². The number of fused-ring (bicyclic) bond motifs is 1. The number of imidazole rings is 1. The molecule has 78 valence electrons. The zero-order valence-corrected chi connectivity index (χ0v) is 8.34. The zero-order valence-electron chi connectivity index (χ0n) is 8.34. The Bertz CT molecular complexity index is 517. The Morgan fingerprint density at radius 3 is 2.93 bits per heavy atom. The summed E-state index contributed by atoms with van der Waals surface area (Å²) in [6, 6.07) is 4.68. The van der Waals surface area contributed by atoms with Crippen LogP contribution in [0.15, 0.2) is 24.5 Å². The third kappa shape index (κ3) is 1.57. The van der Waals surface area contributed by atoms with Crippen molar-refractivity contribution in [2.24, 2.45) is 18.5 Å². The van der Waals surface area contributed by atoms with Crippen LogP contribution in [0.4, 0.5) is 0 Å². The molecule has 1 aromatic heterocycles. The lowest BCUT2D eigenvalue weighted by Gasteiger charge is -2.07. The molecule has 15 heavy (non-hydrogen) atoms. The highest BCUT2D eigenvalue weighted by Crippen LogP contribution is 2.17. The Morgan fingerprint density at radius 1 is 1.53 bits per heavy atom. The highest BCUT2D eigenvalue weighted by Gasteiger charge is 2.13. The van der Waals surface area contributed by atoms with Crippen LogP contribution in [0.1, 0.15) is 11.6 Å². The van der Waals surface area contributed by atoms with Crippen LogP contribution in [0.2, 0.25) is 0 Å². The number of amides is 1. The molecule has 1 atom stereocenters. The summed E-state index contributed by atoms with van der Waals surface area (Å²) in [5.74, 6) is -0.537. The number of carbonyl (C=O) groups is 1. The van der Waals surface area contributed by atoms with Crippen molar-refractivity contribution in [2.75, 3.05) is 0 Å². The number of nitrogens with zero attached hydrogens (tertiary/aromatic N) is 2. The molecule has 1 aromatic carbocycles. The number of hydrogen-bond donors (Lipinski definition) is 2. The Labute approximate surface area is 86.7 Å². The molecular formula is C10H12N4O. The van der Waals surface area contributed by atoms with Gasteiger partial charge in [-0.1, -0.05) is 6.07 Å². The van der Waals surface area contributed by atoms with Crippen molar-refractivity contribution >= 4 is 16.9 Å². The number of aryl methyl sites for hydroxylation is 1. The van der Waals surface area contributed by atoms with Gasteiger partial charge in [-0.05, 0) is 17.7 Å². The van der Waals surface area contributed by atoms with Gasteiger partial charge in [-0.15, -0.1) is 0 Å². The standard InChI is InChI=1S/C10H12N4O/c1-14-5-13-7-4-6(2-3-8(7)14)9(11)10(12)15/h2-5,9H,11H2,1H3,(H2,12,15). The number of nitrogens with two attached hydrogens (primary N) is 2. The van der Waals surface area contributed by atoms with Crippen molar-refractivity contribution in [3.05, 3.63) is 30.1 Å². The largest absolute Gasteiger partial charge is 0.368 e. The first-order chi connectivity index (χ1) is 7.09. The molecule has 0 fully saturated rings. The summed E-state index contributed by atoms with van der Waals surface area (Å²) < 4.78 is 1.90. The Hall–Kier alpha value is -1.88. The number of aromatic nitrogens is 2. The summed E-state index contributed by atoms with van der Waals surface area (Å²) in [4.78, 5) is 15.1. The van der Waals surface area contributed by atoms with Gasteiger partial charge in [0.25, 0.3) is 0 Å². The van der Waals surface area contributed by atoms with Gasteiger partial charge in [0.1, 0.15) is 6.04 Å². The molecule has 0 spiro atoms. The van der Waals surface area contributed by atoms with Crippen molar-refractivity contribution in [3.63, 3.8) is 0 Å². The maximum Gasteiger partial charge on any atom is 0.238 e. The number of primary amides is 1. The number of rotatable bonds is 2. The number of hydrogen-bond acceptors (Lipinski definition) is 3. The average molecular weight is 204 g/mol. The van der Waals surface area contributed by atoms with E-state index in [-0.39, 0.29) is 0 Å². The molecule has 5 nitrogen and oxygen atoms in total. The van der Waals surface area contributed by atoms with Crippen LogP contribution >= 0.6 is 0 Å². The monoisotopic (exact) mass is 204 g/mol. The van der Waals surface area contributed by atoms with E-state index in [1.54, 1.807) is 18.5 Å². The topological polar surface area (TPSA) is 86.9 Å². The van der Waals surface area contributed by atoms with Gasteiger partial charge in [-0.2, -0.15) is 0 Å². The van der Waals surface area contributed by atoms with Gasteiger partial charge < -0.3 is 16.0 Å². The second-order valence-corrected chi connectivity index (χ2v) is 3.48. The van der Waals surface area contributed by atoms with Gasteiger partial charge >= 0.3 is 0 Å². The lowest BCUT2D eigenvalue weighted by Crippen LogP contribution is -2.28. The summed E-state index contributed by atoms with van der Waals surface area (Å²) in [5.41, 5.74) is 13.3. The zero-order chi connectivity index (χ0) is 11.0. The van der Waals surface area contributed by atoms with E-state index >= 15 is 0 Å². The van der Waals surface area contributed by atoms with Crippen molar-refractivity contribution in [1.82, 2.24) is 9.55 Å². The molecule has 0 saturated carbocycles. The van der Waals surface area contributed by atoms with Crippen molar-refractivity contribution in [2.45, 2.75) is 6.04 Å². The second kappa shape index (κ2) is 3.36. The number of carbonyl (C=O) groups excluding carboxylic acids is 1. The van der Waals surface area contributed by atoms with Crippen molar-refractivity contribution < 1.29 is 4.79 Å². The summed E-state index contributed by atoms with van der Waals surface area (Å²) in [6.07, 6.45) is 1.71. The van der Waals surface area contributed by atoms with Crippen LogP contribution in [-0.4, -0.2) is 15.5 Å². The lowest BCUT2D eigenvalue weighted by molar-refractivity contribution is -0.119. The SMILES string of the molecule is Cn1cnc2cc(C(N)C(N)=O)ccc21. The quantitative estimate of drug-likeness (QED) is 0.725. The molecule has 4 N–H and O–H groups in total. The fourth-order valence-electron chi connectivity index (χ4n) is 1.51. The Balaban J connectivity index is 2.52. The van der Waals surface area contributed by atoms with E-state index in [1.165, 1.54) is 0 Å². The van der Waals surface area contributed by atoms with E-state index in [9.17, 15) is 4.79 Å². The van der Waals surface area contributed by atoms with E-state index in [2.05, 4.69) is 4.98 Å². The molecule has 0 aliphatic carbocycles. The van der Waals surface area contributed by atoms with Gasteiger partial charge in [0.05, 0.1) is 17.4 Å². The summed E-state index contributed by atoms with van der Waals surface area (Å²) in [5, 5.41) is 0. The summed E-state index contributed by atoms with van der Waals surface area (Å²) in [6.45, 7) is 0. The minimum atomic E-state index is -0.767.